The van der Waals surface area contributed by atoms with E-state index in [0.717, 1.165) is 51.3 Å². The molecule has 10 nitrogen and oxygen atoms in total. The molecule has 0 aromatic carbocycles. The van der Waals surface area contributed by atoms with Gasteiger partial charge < -0.3 is 20.8 Å². The van der Waals surface area contributed by atoms with Crippen LogP contribution in [0.5, 0.6) is 0 Å². The lowest BCUT2D eigenvalue weighted by Crippen LogP contribution is -2.27. The van der Waals surface area contributed by atoms with Crippen molar-refractivity contribution in [1.82, 2.24) is 28.7 Å². The van der Waals surface area contributed by atoms with E-state index < -0.39 is 0 Å². The number of hydrogen-bond acceptors (Lipinski definition) is 8. The van der Waals surface area contributed by atoms with Gasteiger partial charge in [-0.3, -0.25) is 8.80 Å². The maximum Gasteiger partial charge on any atom is 0.137 e. The summed E-state index contributed by atoms with van der Waals surface area (Å²) in [4.78, 5) is 18.3. The third-order valence-electron chi connectivity index (χ3n) is 9.03. The van der Waals surface area contributed by atoms with Gasteiger partial charge in [-0.2, -0.15) is 0 Å². The normalized spacial score (nSPS) is 14.8. The Morgan fingerprint density at radius 1 is 0.771 bits per heavy atom. The van der Waals surface area contributed by atoms with Crippen molar-refractivity contribution in [2.45, 2.75) is 70.2 Å². The van der Waals surface area contributed by atoms with E-state index in [2.05, 4.69) is 26.5 Å². The van der Waals surface area contributed by atoms with Gasteiger partial charge in [-0.1, -0.05) is 36.4 Å². The van der Waals surface area contributed by atoms with Gasteiger partial charge in [0.15, 0.2) is 0 Å². The highest BCUT2D eigenvalue weighted by atomic mass is 35.5. The molecule has 244 valence electrons. The number of imidazole rings is 2. The van der Waals surface area contributed by atoms with E-state index >= 15 is 0 Å². The zero-order valence-corrected chi connectivity index (χ0v) is 27.2. The minimum atomic E-state index is -0.0999. The second-order valence-electron chi connectivity index (χ2n) is 12.3. The van der Waals surface area contributed by atoms with Crippen LogP contribution in [0.4, 0.5) is 11.6 Å². The number of aromatic nitrogens is 6. The van der Waals surface area contributed by atoms with E-state index in [-0.39, 0.29) is 13.2 Å². The Hall–Kier alpha value is -4.95. The van der Waals surface area contributed by atoms with Gasteiger partial charge >= 0.3 is 0 Å². The molecule has 0 aliphatic heterocycles. The second kappa shape index (κ2) is 14.0. The Kier molecular flexibility index (Phi) is 9.25. The van der Waals surface area contributed by atoms with Crippen LogP contribution in [0, 0.1) is 12.3 Å². The molecule has 48 heavy (non-hydrogen) atoms. The van der Waals surface area contributed by atoms with Gasteiger partial charge in [0.05, 0.1) is 53.4 Å². The molecule has 2 fully saturated rings. The maximum atomic E-state index is 9.55. The van der Waals surface area contributed by atoms with E-state index in [0.29, 0.717) is 28.2 Å². The van der Waals surface area contributed by atoms with Crippen molar-refractivity contribution in [1.29, 1.82) is 0 Å². The minimum absolute atomic E-state index is 0.0215. The van der Waals surface area contributed by atoms with Crippen LogP contribution in [-0.2, 0) is 13.2 Å². The Morgan fingerprint density at radius 3 is 2.17 bits per heavy atom. The fourth-order valence-electron chi connectivity index (χ4n) is 6.24. The van der Waals surface area contributed by atoms with E-state index in [1.807, 2.05) is 69.7 Å². The third kappa shape index (κ3) is 6.71. The number of rotatable bonds is 8. The van der Waals surface area contributed by atoms with Crippen LogP contribution in [0.25, 0.3) is 34.1 Å². The zero-order chi connectivity index (χ0) is 33.0. The Bertz CT molecular complexity index is 2110. The van der Waals surface area contributed by atoms with Crippen molar-refractivity contribution in [3.63, 3.8) is 0 Å². The molecule has 0 bridgehead atoms. The molecule has 0 atom stereocenters. The van der Waals surface area contributed by atoms with Crippen molar-refractivity contribution in [2.24, 2.45) is 0 Å². The van der Waals surface area contributed by atoms with Crippen molar-refractivity contribution < 1.29 is 10.2 Å². The number of terminal acetylenes is 1. The topological polar surface area (TPSA) is 125 Å². The first-order valence-corrected chi connectivity index (χ1v) is 16.7. The van der Waals surface area contributed by atoms with E-state index in [9.17, 15) is 10.2 Å². The first-order valence-electron chi connectivity index (χ1n) is 16.3. The molecule has 8 rings (SSSR count). The fourth-order valence-corrected chi connectivity index (χ4v) is 6.40. The molecule has 11 heteroatoms. The number of nitrogens with one attached hydrogen (secondary N) is 2. The van der Waals surface area contributed by atoms with Crippen molar-refractivity contribution in [3.8, 4) is 35.1 Å². The molecule has 2 aliphatic carbocycles. The molecule has 2 aliphatic rings. The third-order valence-corrected chi connectivity index (χ3v) is 9.26. The first-order chi connectivity index (χ1) is 23.5. The van der Waals surface area contributed by atoms with Crippen LogP contribution in [0.2, 0.25) is 5.02 Å². The van der Waals surface area contributed by atoms with Gasteiger partial charge in [-0.15, -0.1) is 6.42 Å². The average Bonchev–Trinajstić information content (AvgIpc) is 3.86. The molecule has 0 unspecified atom stereocenters. The summed E-state index contributed by atoms with van der Waals surface area (Å²) >= 11 is 6.10. The van der Waals surface area contributed by atoms with Crippen LogP contribution in [0.3, 0.4) is 0 Å². The molecule has 4 N–H and O–H groups in total. The molecule has 6 heterocycles. The summed E-state index contributed by atoms with van der Waals surface area (Å²) in [5.41, 5.74) is 7.10. The molecule has 2 saturated carbocycles. The number of nitrogens with zero attached hydrogens (tertiary/aromatic N) is 6. The fraction of sp³-hybridized carbons (Fsp3) is 0.297. The number of fused-ring (bicyclic) bond motifs is 2. The van der Waals surface area contributed by atoms with E-state index in [4.69, 9.17) is 28.0 Å². The van der Waals surface area contributed by atoms with Gasteiger partial charge in [0.2, 0.25) is 0 Å². The van der Waals surface area contributed by atoms with Crippen LogP contribution in [0.15, 0.2) is 73.3 Å². The summed E-state index contributed by atoms with van der Waals surface area (Å²) in [6, 6.07) is 16.3. The molecule has 0 radical (unpaired) electrons. The molecule has 6 aromatic heterocycles. The summed E-state index contributed by atoms with van der Waals surface area (Å²) in [6.45, 7) is -0.121. The molecular formula is C37H37ClN8O2. The highest BCUT2D eigenvalue weighted by molar-refractivity contribution is 6.30. The lowest BCUT2D eigenvalue weighted by Gasteiger charge is -2.27. The summed E-state index contributed by atoms with van der Waals surface area (Å²) in [5.74, 6) is 4.32. The quantitative estimate of drug-likeness (QED) is 0.133. The Labute approximate surface area is 283 Å². The summed E-state index contributed by atoms with van der Waals surface area (Å²) in [5, 5.41) is 26.6. The standard InChI is InChI=1S/C20H20N4O.C17H17ClN4O/c1-2-14-12-24-18(11-21-20(24)10-15(14)13-25)17-8-5-9-19(23-17)22-16-6-3-4-7-16;18-12-4-5-17-19-8-15(22(17)9-12)14-6-11(10-23)7-16(21-14)20-13-2-1-3-13/h1,5,8-12,16,25H,3-4,6-7,13H2,(H,22,23);4-9,13,23H,1-3,10H2,(H,20,21). The zero-order valence-electron chi connectivity index (χ0n) is 26.5. The minimum Gasteiger partial charge on any atom is -0.392 e. The van der Waals surface area contributed by atoms with Crippen molar-refractivity contribution >= 4 is 34.5 Å². The van der Waals surface area contributed by atoms with Gasteiger partial charge in [0.25, 0.3) is 0 Å². The predicted octanol–water partition coefficient (Wildman–Crippen LogP) is 6.73. The molecular weight excluding hydrogens is 624 g/mol. The molecule has 0 amide bonds. The lowest BCUT2D eigenvalue weighted by molar-refractivity contribution is 0.281. The van der Waals surface area contributed by atoms with Crippen LogP contribution >= 0.6 is 11.6 Å². The van der Waals surface area contributed by atoms with E-state index in [1.165, 1.54) is 44.9 Å². The number of hydrogen-bond donors (Lipinski definition) is 4. The maximum absolute atomic E-state index is 9.55. The predicted molar refractivity (Wildman–Crippen MR) is 189 cm³/mol. The SMILES string of the molecule is C#Cc1cn2c(-c3cccc(NC4CCCC4)n3)cnc2cc1CO.OCc1cc(NC2CCC2)nc(-c2cnc3ccc(Cl)cn23)c1. The van der Waals surface area contributed by atoms with Crippen molar-refractivity contribution in [3.05, 3.63) is 95.0 Å². The highest BCUT2D eigenvalue weighted by Crippen LogP contribution is 2.28. The number of aliphatic hydroxyl groups is 2. The number of aliphatic hydroxyl groups excluding tert-OH is 2. The smallest absolute Gasteiger partial charge is 0.137 e. The lowest BCUT2D eigenvalue weighted by atomic mass is 9.93. The van der Waals surface area contributed by atoms with Crippen molar-refractivity contribution in [2.75, 3.05) is 10.6 Å². The van der Waals surface area contributed by atoms with Crippen LogP contribution in [-0.4, -0.2) is 51.0 Å². The molecule has 0 saturated heterocycles. The van der Waals surface area contributed by atoms with Gasteiger partial charge in [-0.25, -0.2) is 19.9 Å². The number of pyridine rings is 4. The molecule has 0 spiro atoms. The first kappa shape index (κ1) is 31.6. The van der Waals surface area contributed by atoms with E-state index in [1.54, 1.807) is 12.4 Å². The van der Waals surface area contributed by atoms with Gasteiger partial charge in [-0.05, 0) is 85.7 Å². The Balaban J connectivity index is 0.000000152. The van der Waals surface area contributed by atoms with Gasteiger partial charge in [0.1, 0.15) is 22.9 Å². The summed E-state index contributed by atoms with van der Waals surface area (Å²) in [6.07, 6.45) is 21.4. The number of anilines is 2. The Morgan fingerprint density at radius 2 is 1.46 bits per heavy atom. The molecule has 6 aromatic rings. The summed E-state index contributed by atoms with van der Waals surface area (Å²) in [7, 11) is 0. The average molecular weight is 661 g/mol. The van der Waals surface area contributed by atoms with Crippen LogP contribution in [0.1, 0.15) is 61.6 Å². The highest BCUT2D eigenvalue weighted by Gasteiger charge is 2.19. The van der Waals surface area contributed by atoms with Crippen LogP contribution < -0.4 is 10.6 Å². The number of halogens is 1. The monoisotopic (exact) mass is 660 g/mol. The largest absolute Gasteiger partial charge is 0.392 e. The van der Waals surface area contributed by atoms with Gasteiger partial charge in [0, 0.05) is 30.0 Å². The second-order valence-corrected chi connectivity index (χ2v) is 12.8. The summed E-state index contributed by atoms with van der Waals surface area (Å²) < 4.78 is 3.84.